The highest BCUT2D eigenvalue weighted by molar-refractivity contribution is 14.0. The normalized spacial score (nSPS) is 16.4. The van der Waals surface area contributed by atoms with Gasteiger partial charge in [-0.2, -0.15) is 0 Å². The van der Waals surface area contributed by atoms with Crippen LogP contribution >= 0.6 is 35.3 Å². The molecule has 1 saturated heterocycles. The quantitative estimate of drug-likeness (QED) is 0.403. The van der Waals surface area contributed by atoms with Crippen LogP contribution in [0, 0.1) is 0 Å². The van der Waals surface area contributed by atoms with Gasteiger partial charge in [0.2, 0.25) is 0 Å². The molecule has 6 nitrogen and oxygen atoms in total. The molecule has 2 aromatic rings. The maximum atomic E-state index is 11.4. The number of aliphatic imine (C=N–C) groups is 1. The van der Waals surface area contributed by atoms with Gasteiger partial charge in [0.25, 0.3) is 0 Å². The van der Waals surface area contributed by atoms with E-state index < -0.39 is 10.8 Å². The summed E-state index contributed by atoms with van der Waals surface area (Å²) in [5.74, 6) is 0.580. The van der Waals surface area contributed by atoms with Crippen LogP contribution in [0.15, 0.2) is 45.7 Å². The lowest BCUT2D eigenvalue weighted by Gasteiger charge is -2.35. The van der Waals surface area contributed by atoms with Gasteiger partial charge < -0.3 is 15.5 Å². The summed E-state index contributed by atoms with van der Waals surface area (Å²) in [7, 11) is -0.948. The van der Waals surface area contributed by atoms with Crippen molar-refractivity contribution in [1.82, 2.24) is 9.88 Å². The van der Waals surface area contributed by atoms with Gasteiger partial charge in [-0.1, -0.05) is 12.1 Å². The Bertz CT molecular complexity index is 713. The Balaban J connectivity index is 0.00000225. The minimum absolute atomic E-state index is 0. The molecule has 0 aliphatic carbocycles. The zero-order chi connectivity index (χ0) is 16.9. The molecule has 1 aliphatic rings. The van der Waals surface area contributed by atoms with Gasteiger partial charge in [0.05, 0.1) is 6.54 Å². The summed E-state index contributed by atoms with van der Waals surface area (Å²) in [6.07, 6.45) is 3.51. The molecule has 25 heavy (non-hydrogen) atoms. The molecule has 1 fully saturated rings. The minimum atomic E-state index is -0.948. The summed E-state index contributed by atoms with van der Waals surface area (Å²) < 4.78 is 11.4. The number of hydrogen-bond donors (Lipinski definition) is 1. The average molecular weight is 491 g/mol. The summed E-state index contributed by atoms with van der Waals surface area (Å²) in [4.78, 5) is 14.1. The van der Waals surface area contributed by atoms with Crippen molar-refractivity contribution in [3.8, 4) is 0 Å². The molecule has 9 heteroatoms. The van der Waals surface area contributed by atoms with Crippen LogP contribution < -0.4 is 10.6 Å². The number of guanidine groups is 1. The molecule has 2 heterocycles. The molecule has 0 spiro atoms. The van der Waals surface area contributed by atoms with Gasteiger partial charge in [-0.25, -0.2) is 9.98 Å². The van der Waals surface area contributed by atoms with E-state index in [-0.39, 0.29) is 24.0 Å². The van der Waals surface area contributed by atoms with E-state index in [0.29, 0.717) is 12.5 Å². The Kier molecular flexibility index (Phi) is 7.63. The third kappa shape index (κ3) is 5.38. The molecule has 0 bridgehead atoms. The molecule has 0 saturated carbocycles. The summed E-state index contributed by atoms with van der Waals surface area (Å²) in [6, 6.07) is 7.66. The van der Waals surface area contributed by atoms with Crippen LogP contribution in [-0.4, -0.2) is 52.5 Å². The number of thiazole rings is 1. The predicted molar refractivity (Wildman–Crippen MR) is 115 cm³/mol. The zero-order valence-corrected chi connectivity index (χ0v) is 18.0. The van der Waals surface area contributed by atoms with Gasteiger partial charge >= 0.3 is 0 Å². The van der Waals surface area contributed by atoms with Crippen molar-refractivity contribution < 1.29 is 4.21 Å². The number of anilines is 1. The maximum Gasteiger partial charge on any atom is 0.191 e. The van der Waals surface area contributed by atoms with Crippen molar-refractivity contribution in [3.63, 3.8) is 0 Å². The van der Waals surface area contributed by atoms with Gasteiger partial charge in [-0.05, 0) is 17.7 Å². The first kappa shape index (κ1) is 20.1. The molecular formula is C16H22IN5OS2. The number of benzene rings is 1. The lowest BCUT2D eigenvalue weighted by atomic mass is 10.2. The zero-order valence-electron chi connectivity index (χ0n) is 14.0. The molecule has 1 aliphatic heterocycles. The van der Waals surface area contributed by atoms with E-state index in [1.54, 1.807) is 17.6 Å². The van der Waals surface area contributed by atoms with Gasteiger partial charge in [0.1, 0.15) is 0 Å². The minimum Gasteiger partial charge on any atom is -0.370 e. The fourth-order valence-electron chi connectivity index (χ4n) is 2.56. The van der Waals surface area contributed by atoms with Crippen LogP contribution in [0.2, 0.25) is 0 Å². The Morgan fingerprint density at radius 3 is 2.52 bits per heavy atom. The number of aromatic nitrogens is 1. The van der Waals surface area contributed by atoms with Crippen molar-refractivity contribution >= 4 is 57.2 Å². The highest BCUT2D eigenvalue weighted by atomic mass is 127. The highest BCUT2D eigenvalue weighted by Crippen LogP contribution is 2.18. The summed E-state index contributed by atoms with van der Waals surface area (Å²) in [6.45, 7) is 4.04. The molecule has 0 radical (unpaired) electrons. The second kappa shape index (κ2) is 9.48. The Morgan fingerprint density at radius 1 is 1.28 bits per heavy atom. The number of piperazine rings is 1. The number of rotatable bonds is 4. The van der Waals surface area contributed by atoms with Gasteiger partial charge in [0.15, 0.2) is 11.1 Å². The molecule has 3 rings (SSSR count). The molecule has 1 aromatic carbocycles. The van der Waals surface area contributed by atoms with Crippen LogP contribution in [0.25, 0.3) is 0 Å². The van der Waals surface area contributed by atoms with E-state index in [4.69, 9.17) is 5.73 Å². The SMILES string of the molecule is CS(=O)c1ccc(CN=C(N)N2CCN(c3nccs3)CC2)cc1.I. The lowest BCUT2D eigenvalue weighted by Crippen LogP contribution is -2.51. The monoisotopic (exact) mass is 491 g/mol. The fraction of sp³-hybridized carbons (Fsp3) is 0.375. The van der Waals surface area contributed by atoms with E-state index in [2.05, 4.69) is 19.8 Å². The second-order valence-electron chi connectivity index (χ2n) is 5.56. The predicted octanol–water partition coefficient (Wildman–Crippen LogP) is 2.14. The van der Waals surface area contributed by atoms with E-state index in [1.165, 1.54) is 0 Å². The third-order valence-corrected chi connectivity index (χ3v) is 5.74. The molecular weight excluding hydrogens is 469 g/mol. The summed E-state index contributed by atoms with van der Waals surface area (Å²) >= 11 is 1.66. The van der Waals surface area contributed by atoms with Crippen LogP contribution in [0.1, 0.15) is 5.56 Å². The summed E-state index contributed by atoms with van der Waals surface area (Å²) in [5.41, 5.74) is 7.20. The number of halogens is 1. The molecule has 2 N–H and O–H groups in total. The first-order chi connectivity index (χ1) is 11.6. The first-order valence-electron chi connectivity index (χ1n) is 7.75. The first-order valence-corrected chi connectivity index (χ1v) is 10.2. The second-order valence-corrected chi connectivity index (χ2v) is 7.81. The summed E-state index contributed by atoms with van der Waals surface area (Å²) in [5, 5.41) is 3.07. The standard InChI is InChI=1S/C16H21N5OS2.HI/c1-24(22)14-4-2-13(3-5-14)12-19-15(17)20-7-9-21(10-8-20)16-18-6-11-23-16;/h2-6,11H,7-10,12H2,1H3,(H2,17,19);1H. The van der Waals surface area contributed by atoms with Crippen molar-refractivity contribution in [2.24, 2.45) is 10.7 Å². The molecule has 0 amide bonds. The topological polar surface area (TPSA) is 74.8 Å². The van der Waals surface area contributed by atoms with Crippen LogP contribution in [0.5, 0.6) is 0 Å². The van der Waals surface area contributed by atoms with Gasteiger partial charge in [-0.15, -0.1) is 35.3 Å². The lowest BCUT2D eigenvalue weighted by molar-refractivity contribution is 0.380. The number of nitrogens with zero attached hydrogens (tertiary/aromatic N) is 4. The third-order valence-electron chi connectivity index (χ3n) is 3.97. The molecule has 1 unspecified atom stereocenters. The number of nitrogens with two attached hydrogens (primary N) is 1. The van der Waals surface area contributed by atoms with Gasteiger partial charge in [-0.3, -0.25) is 4.21 Å². The highest BCUT2D eigenvalue weighted by Gasteiger charge is 2.19. The molecule has 1 atom stereocenters. The Labute approximate surface area is 171 Å². The van der Waals surface area contributed by atoms with Gasteiger partial charge in [0, 0.05) is 59.7 Å². The van der Waals surface area contributed by atoms with Crippen molar-refractivity contribution in [3.05, 3.63) is 41.4 Å². The molecule has 1 aromatic heterocycles. The Morgan fingerprint density at radius 2 is 1.96 bits per heavy atom. The maximum absolute atomic E-state index is 11.4. The van der Waals surface area contributed by atoms with Crippen LogP contribution in [-0.2, 0) is 17.3 Å². The smallest absolute Gasteiger partial charge is 0.191 e. The fourth-order valence-corrected chi connectivity index (χ4v) is 3.77. The van der Waals surface area contributed by atoms with Crippen molar-refractivity contribution in [2.45, 2.75) is 11.4 Å². The van der Waals surface area contributed by atoms with Crippen molar-refractivity contribution in [2.75, 3.05) is 37.3 Å². The largest absolute Gasteiger partial charge is 0.370 e. The van der Waals surface area contributed by atoms with Crippen molar-refractivity contribution in [1.29, 1.82) is 0 Å². The van der Waals surface area contributed by atoms with Crippen LogP contribution in [0.3, 0.4) is 0 Å². The van der Waals surface area contributed by atoms with E-state index in [9.17, 15) is 4.21 Å². The van der Waals surface area contributed by atoms with Crippen LogP contribution in [0.4, 0.5) is 5.13 Å². The van der Waals surface area contributed by atoms with E-state index in [1.807, 2.05) is 35.8 Å². The number of hydrogen-bond acceptors (Lipinski definition) is 5. The Hall–Kier alpha value is -1.20. The van der Waals surface area contributed by atoms with E-state index >= 15 is 0 Å². The average Bonchev–Trinajstić information content (AvgIpc) is 3.15. The molecule has 136 valence electrons. The van der Waals surface area contributed by atoms with E-state index in [0.717, 1.165) is 41.8 Å².